The molecule has 1 saturated carbocycles. The molecule has 0 aromatic rings. The van der Waals surface area contributed by atoms with Gasteiger partial charge in [-0.25, -0.2) is 0 Å². The normalized spacial score (nSPS) is 45.9. The molecule has 2 fully saturated rings. The molecule has 0 spiro atoms. The highest BCUT2D eigenvalue weighted by Crippen LogP contribution is 2.69. The fraction of sp³-hybridized carbons (Fsp3) is 1.00. The Labute approximate surface area is 81.6 Å². The van der Waals surface area contributed by atoms with E-state index in [1.165, 1.54) is 0 Å². The molecule has 4 heteroatoms. The van der Waals surface area contributed by atoms with E-state index in [9.17, 15) is 13.2 Å². The van der Waals surface area contributed by atoms with Crippen molar-refractivity contribution in [3.63, 3.8) is 0 Å². The van der Waals surface area contributed by atoms with Gasteiger partial charge in [0.25, 0.3) is 0 Å². The summed E-state index contributed by atoms with van der Waals surface area (Å²) in [6.45, 7) is 5.49. The molecule has 1 saturated heterocycles. The van der Waals surface area contributed by atoms with Crippen LogP contribution in [-0.4, -0.2) is 18.4 Å². The zero-order valence-electron chi connectivity index (χ0n) is 8.66. The predicted molar refractivity (Wildman–Crippen MR) is 45.9 cm³/mol. The van der Waals surface area contributed by atoms with E-state index in [-0.39, 0.29) is 18.4 Å². The van der Waals surface area contributed by atoms with E-state index in [0.29, 0.717) is 6.42 Å². The molecular weight excluding hydrogens is 193 g/mol. The van der Waals surface area contributed by atoms with Gasteiger partial charge in [0.2, 0.25) is 0 Å². The Morgan fingerprint density at radius 2 is 1.64 bits per heavy atom. The Morgan fingerprint density at radius 3 is 1.79 bits per heavy atom. The first-order chi connectivity index (χ1) is 6.16. The van der Waals surface area contributed by atoms with Crippen LogP contribution < -0.4 is 0 Å². The molecule has 1 aliphatic carbocycles. The molecule has 2 bridgehead atoms. The minimum Gasteiger partial charge on any atom is -0.364 e. The topological polar surface area (TPSA) is 9.23 Å². The van der Waals surface area contributed by atoms with E-state index in [2.05, 4.69) is 0 Å². The van der Waals surface area contributed by atoms with Crippen molar-refractivity contribution in [3.8, 4) is 0 Å². The Bertz CT molecular complexity index is 259. The zero-order chi connectivity index (χ0) is 10.8. The molecule has 82 valence electrons. The van der Waals surface area contributed by atoms with Crippen LogP contribution in [0.2, 0.25) is 0 Å². The molecule has 1 aliphatic heterocycles. The van der Waals surface area contributed by atoms with Crippen molar-refractivity contribution in [2.45, 2.75) is 45.4 Å². The van der Waals surface area contributed by atoms with Crippen molar-refractivity contribution in [2.24, 2.45) is 10.8 Å². The van der Waals surface area contributed by atoms with Gasteiger partial charge in [-0.1, -0.05) is 20.8 Å². The summed E-state index contributed by atoms with van der Waals surface area (Å²) in [5.74, 6) is 0. The van der Waals surface area contributed by atoms with Gasteiger partial charge in [0.05, 0.1) is 6.61 Å². The van der Waals surface area contributed by atoms with Crippen LogP contribution in [0.3, 0.4) is 0 Å². The van der Waals surface area contributed by atoms with Crippen LogP contribution in [0.1, 0.15) is 33.6 Å². The number of hydrogen-bond donors (Lipinski definition) is 0. The molecule has 0 radical (unpaired) electrons. The minimum absolute atomic E-state index is 0.111. The first-order valence-corrected chi connectivity index (χ1v) is 4.87. The fourth-order valence-electron chi connectivity index (χ4n) is 2.93. The number of hydrogen-bond acceptors (Lipinski definition) is 1. The van der Waals surface area contributed by atoms with Crippen LogP contribution in [0.15, 0.2) is 0 Å². The fourth-order valence-corrected chi connectivity index (χ4v) is 2.93. The van der Waals surface area contributed by atoms with Crippen LogP contribution in [0.25, 0.3) is 0 Å². The lowest BCUT2D eigenvalue weighted by Crippen LogP contribution is -2.52. The monoisotopic (exact) mass is 208 g/mol. The van der Waals surface area contributed by atoms with Crippen LogP contribution in [0, 0.1) is 10.8 Å². The predicted octanol–water partition coefficient (Wildman–Crippen LogP) is 3.14. The Balaban J connectivity index is 2.50. The number of fused-ring (bicyclic) bond motifs is 2. The minimum atomic E-state index is -4.25. The highest BCUT2D eigenvalue weighted by Gasteiger charge is 2.76. The second kappa shape index (κ2) is 2.29. The molecule has 14 heavy (non-hydrogen) atoms. The largest absolute Gasteiger partial charge is 0.417 e. The molecule has 0 aromatic carbocycles. The second-order valence-corrected chi connectivity index (χ2v) is 5.30. The smallest absolute Gasteiger partial charge is 0.364 e. The Morgan fingerprint density at radius 1 is 1.07 bits per heavy atom. The van der Waals surface area contributed by atoms with Gasteiger partial charge >= 0.3 is 6.18 Å². The summed E-state index contributed by atoms with van der Waals surface area (Å²) in [5, 5.41) is 0. The number of ether oxygens (including phenoxy) is 1. The van der Waals surface area contributed by atoms with Crippen molar-refractivity contribution in [2.75, 3.05) is 6.61 Å². The summed E-state index contributed by atoms with van der Waals surface area (Å²) in [5.41, 5.74) is -3.02. The summed E-state index contributed by atoms with van der Waals surface area (Å²) in [6, 6.07) is 0. The maximum Gasteiger partial charge on any atom is 0.417 e. The highest BCUT2D eigenvalue weighted by atomic mass is 19.4. The third-order valence-corrected chi connectivity index (χ3v) is 4.64. The molecule has 2 aliphatic rings. The van der Waals surface area contributed by atoms with Gasteiger partial charge in [-0.15, -0.1) is 0 Å². The number of rotatable bonds is 0. The van der Waals surface area contributed by atoms with Crippen molar-refractivity contribution in [1.82, 2.24) is 0 Å². The van der Waals surface area contributed by atoms with Gasteiger partial charge in [0.15, 0.2) is 5.60 Å². The van der Waals surface area contributed by atoms with Gasteiger partial charge in [0, 0.05) is 5.41 Å². The average molecular weight is 208 g/mol. The molecule has 2 atom stereocenters. The van der Waals surface area contributed by atoms with Gasteiger partial charge in [0.1, 0.15) is 0 Å². The summed E-state index contributed by atoms with van der Waals surface area (Å²) in [4.78, 5) is 0. The Hall–Kier alpha value is -0.250. The van der Waals surface area contributed by atoms with Crippen LogP contribution in [-0.2, 0) is 4.74 Å². The van der Waals surface area contributed by atoms with E-state index in [1.807, 2.05) is 6.92 Å². The summed E-state index contributed by atoms with van der Waals surface area (Å²) >= 11 is 0. The van der Waals surface area contributed by atoms with Crippen LogP contribution >= 0.6 is 0 Å². The third kappa shape index (κ3) is 0.818. The lowest BCUT2D eigenvalue weighted by Gasteiger charge is -2.39. The Kier molecular flexibility index (Phi) is 1.68. The van der Waals surface area contributed by atoms with Gasteiger partial charge < -0.3 is 4.74 Å². The molecular formula is C10H15F3O. The van der Waals surface area contributed by atoms with E-state index >= 15 is 0 Å². The maximum absolute atomic E-state index is 13.0. The van der Waals surface area contributed by atoms with E-state index in [4.69, 9.17) is 4.74 Å². The maximum atomic E-state index is 13.0. The summed E-state index contributed by atoms with van der Waals surface area (Å²) < 4.78 is 44.0. The van der Waals surface area contributed by atoms with Crippen LogP contribution in [0.5, 0.6) is 0 Å². The molecule has 1 nitrogen and oxygen atoms in total. The quantitative estimate of drug-likeness (QED) is 0.594. The van der Waals surface area contributed by atoms with E-state index in [0.717, 1.165) is 0 Å². The van der Waals surface area contributed by atoms with Crippen molar-refractivity contribution in [3.05, 3.63) is 0 Å². The van der Waals surface area contributed by atoms with Crippen molar-refractivity contribution < 1.29 is 17.9 Å². The molecule has 0 amide bonds. The van der Waals surface area contributed by atoms with Gasteiger partial charge in [-0.3, -0.25) is 0 Å². The zero-order valence-corrected chi connectivity index (χ0v) is 8.66. The van der Waals surface area contributed by atoms with Gasteiger partial charge in [-0.2, -0.15) is 13.2 Å². The summed E-state index contributed by atoms with van der Waals surface area (Å²) in [6.07, 6.45) is -3.52. The van der Waals surface area contributed by atoms with E-state index < -0.39 is 17.2 Å². The lowest BCUT2D eigenvalue weighted by atomic mass is 9.66. The van der Waals surface area contributed by atoms with Crippen molar-refractivity contribution >= 4 is 0 Å². The SMILES string of the molecule is CC1(C)[C@@]2(C)CC[C@]1(C(F)(F)F)OC2. The lowest BCUT2D eigenvalue weighted by molar-refractivity contribution is -0.286. The highest BCUT2D eigenvalue weighted by molar-refractivity contribution is 5.18. The molecule has 0 unspecified atom stereocenters. The molecule has 1 heterocycles. The van der Waals surface area contributed by atoms with Crippen LogP contribution in [0.4, 0.5) is 13.2 Å². The third-order valence-electron chi connectivity index (χ3n) is 4.64. The number of halogens is 3. The number of alkyl halides is 3. The van der Waals surface area contributed by atoms with E-state index in [1.54, 1.807) is 13.8 Å². The standard InChI is InChI=1S/C10H15F3O/c1-7(2)8(3)4-5-9(7,14-6-8)10(11,12)13/h4-6H2,1-3H3/t8-,9-/m0/s1. The van der Waals surface area contributed by atoms with Gasteiger partial charge in [-0.05, 0) is 18.3 Å². The molecule has 2 rings (SSSR count). The first-order valence-electron chi connectivity index (χ1n) is 4.87. The first kappa shape index (κ1) is 10.3. The van der Waals surface area contributed by atoms with Crippen molar-refractivity contribution in [1.29, 1.82) is 0 Å². The summed E-state index contributed by atoms with van der Waals surface area (Å²) in [7, 11) is 0. The average Bonchev–Trinajstić information content (AvgIpc) is 2.32. The molecule has 0 N–H and O–H groups in total. The molecule has 0 aromatic heterocycles. The second-order valence-electron chi connectivity index (χ2n) is 5.30.